The number of para-hydroxylation sites is 3. The summed E-state index contributed by atoms with van der Waals surface area (Å²) in [6.07, 6.45) is -9.86. The highest BCUT2D eigenvalue weighted by Crippen LogP contribution is 2.46. The molecule has 0 N–H and O–H groups in total. The molecule has 0 aliphatic rings. The van der Waals surface area contributed by atoms with E-state index in [1.54, 1.807) is 0 Å². The van der Waals surface area contributed by atoms with E-state index >= 15 is 13.2 Å². The summed E-state index contributed by atoms with van der Waals surface area (Å²) in [7, 11) is 0. The maximum Gasteiger partial charge on any atom is 0.417 e. The molecule has 0 amide bonds. The third kappa shape index (κ3) is 4.82. The van der Waals surface area contributed by atoms with Crippen LogP contribution in [0.25, 0.3) is 71.0 Å². The minimum atomic E-state index is -4.97. The Bertz CT molecular complexity index is 2720. The van der Waals surface area contributed by atoms with Gasteiger partial charge in [-0.3, -0.25) is 0 Å². The second-order valence-corrected chi connectivity index (χ2v) is 12.5. The lowest BCUT2D eigenvalue weighted by Crippen LogP contribution is -2.12. The van der Waals surface area contributed by atoms with Gasteiger partial charge < -0.3 is 9.13 Å². The van der Waals surface area contributed by atoms with E-state index in [1.165, 1.54) is 6.07 Å². The fraction of sp³-hybridized carbons (Fsp3) is 0.0976. The predicted molar refractivity (Wildman–Crippen MR) is 186 cm³/mol. The molecule has 6 aromatic carbocycles. The SMILES string of the molecule is [C-]#[N+]c1cc(-c2cc(-n3c4ccccc4c4ccc(C)cc43)c(-n3c4ccccc4c4cccc(C)c43)cc2C(F)(F)F)cc(C(F)(F)F)c1. The number of halogens is 6. The predicted octanol–water partition coefficient (Wildman–Crippen LogP) is 12.8. The quantitative estimate of drug-likeness (QED) is 0.131. The van der Waals surface area contributed by atoms with Crippen LogP contribution in [0.4, 0.5) is 32.0 Å². The minimum Gasteiger partial charge on any atom is -0.307 e. The van der Waals surface area contributed by atoms with Crippen LogP contribution in [0.3, 0.4) is 0 Å². The monoisotopic (exact) mass is 673 g/mol. The number of aryl methyl sites for hydroxylation is 2. The molecular weight excluding hydrogens is 648 g/mol. The van der Waals surface area contributed by atoms with Crippen molar-refractivity contribution in [3.05, 3.63) is 149 Å². The number of alkyl halides is 6. The number of nitrogens with zero attached hydrogens (tertiary/aromatic N) is 3. The Morgan fingerprint density at radius 2 is 1.18 bits per heavy atom. The maximum atomic E-state index is 15.3. The largest absolute Gasteiger partial charge is 0.417 e. The second kappa shape index (κ2) is 11.0. The Hall–Kier alpha value is -6.01. The fourth-order valence-corrected chi connectivity index (χ4v) is 7.18. The molecule has 8 rings (SSSR count). The average molecular weight is 674 g/mol. The fourth-order valence-electron chi connectivity index (χ4n) is 7.18. The van der Waals surface area contributed by atoms with Gasteiger partial charge in [0.2, 0.25) is 0 Å². The number of rotatable bonds is 3. The van der Waals surface area contributed by atoms with Crippen LogP contribution in [-0.4, -0.2) is 9.13 Å². The van der Waals surface area contributed by atoms with E-state index in [9.17, 15) is 13.2 Å². The van der Waals surface area contributed by atoms with Crippen molar-refractivity contribution >= 4 is 49.3 Å². The van der Waals surface area contributed by atoms with Crippen LogP contribution in [0, 0.1) is 20.4 Å². The third-order valence-electron chi connectivity index (χ3n) is 9.31. The van der Waals surface area contributed by atoms with Gasteiger partial charge in [-0.25, -0.2) is 4.85 Å². The van der Waals surface area contributed by atoms with Crippen LogP contribution < -0.4 is 0 Å². The molecule has 0 saturated heterocycles. The second-order valence-electron chi connectivity index (χ2n) is 12.5. The van der Waals surface area contributed by atoms with E-state index in [2.05, 4.69) is 4.85 Å². The molecule has 0 unspecified atom stereocenters. The van der Waals surface area contributed by atoms with Gasteiger partial charge in [0.15, 0.2) is 5.69 Å². The Morgan fingerprint density at radius 3 is 1.86 bits per heavy atom. The number of benzene rings is 6. The van der Waals surface area contributed by atoms with E-state index in [1.807, 2.05) is 108 Å². The van der Waals surface area contributed by atoms with Gasteiger partial charge in [-0.15, -0.1) is 0 Å². The van der Waals surface area contributed by atoms with Gasteiger partial charge in [-0.1, -0.05) is 66.7 Å². The van der Waals surface area contributed by atoms with Gasteiger partial charge in [0.05, 0.1) is 45.6 Å². The van der Waals surface area contributed by atoms with Crippen molar-refractivity contribution in [2.75, 3.05) is 0 Å². The van der Waals surface area contributed by atoms with E-state index in [0.717, 1.165) is 50.3 Å². The summed E-state index contributed by atoms with van der Waals surface area (Å²) in [6, 6.07) is 31.4. The Labute approximate surface area is 282 Å². The third-order valence-corrected chi connectivity index (χ3v) is 9.31. The summed E-state index contributed by atoms with van der Waals surface area (Å²) in [4.78, 5) is 3.18. The maximum absolute atomic E-state index is 15.3. The molecule has 0 aliphatic heterocycles. The molecule has 0 bridgehead atoms. The van der Waals surface area contributed by atoms with Crippen LogP contribution in [-0.2, 0) is 12.4 Å². The van der Waals surface area contributed by atoms with Crippen molar-refractivity contribution in [2.45, 2.75) is 26.2 Å². The average Bonchev–Trinajstić information content (AvgIpc) is 3.60. The zero-order valence-electron chi connectivity index (χ0n) is 26.6. The molecule has 3 nitrogen and oxygen atoms in total. The van der Waals surface area contributed by atoms with E-state index in [0.29, 0.717) is 34.4 Å². The molecule has 0 aliphatic carbocycles. The molecule has 9 heteroatoms. The van der Waals surface area contributed by atoms with Gasteiger partial charge in [-0.2, -0.15) is 26.3 Å². The molecule has 0 saturated carbocycles. The lowest BCUT2D eigenvalue weighted by Gasteiger charge is -2.23. The van der Waals surface area contributed by atoms with Crippen molar-refractivity contribution in [2.24, 2.45) is 0 Å². The van der Waals surface area contributed by atoms with Gasteiger partial charge in [0.1, 0.15) is 0 Å². The van der Waals surface area contributed by atoms with Crippen LogP contribution in [0.2, 0.25) is 0 Å². The van der Waals surface area contributed by atoms with Gasteiger partial charge in [0, 0.05) is 27.1 Å². The normalized spacial score (nSPS) is 12.4. The first-order valence-corrected chi connectivity index (χ1v) is 15.7. The first-order chi connectivity index (χ1) is 23.8. The molecule has 2 aromatic heterocycles. The van der Waals surface area contributed by atoms with Crippen LogP contribution in [0.5, 0.6) is 0 Å². The van der Waals surface area contributed by atoms with Crippen molar-refractivity contribution in [1.82, 2.24) is 9.13 Å². The highest BCUT2D eigenvalue weighted by Gasteiger charge is 2.37. The summed E-state index contributed by atoms with van der Waals surface area (Å²) in [5.74, 6) is 0. The molecule has 50 heavy (non-hydrogen) atoms. The molecule has 0 spiro atoms. The van der Waals surface area contributed by atoms with Gasteiger partial charge >= 0.3 is 12.4 Å². The molecular formula is C41H25F6N3. The van der Waals surface area contributed by atoms with E-state index in [-0.39, 0.29) is 11.3 Å². The number of fused-ring (bicyclic) bond motifs is 6. The number of hydrogen-bond acceptors (Lipinski definition) is 0. The topological polar surface area (TPSA) is 14.2 Å². The summed E-state index contributed by atoms with van der Waals surface area (Å²) in [5, 5.41) is 3.42. The van der Waals surface area contributed by atoms with Crippen molar-refractivity contribution in [3.8, 4) is 22.5 Å². The number of hydrogen-bond donors (Lipinski definition) is 0. The molecule has 0 atom stereocenters. The van der Waals surface area contributed by atoms with Gasteiger partial charge in [0.25, 0.3) is 0 Å². The molecule has 246 valence electrons. The standard InChI is InChI=1S/C41H25F6N3/c1-23-15-16-30-28-10-4-6-13-34(28)49(36(30)17-23)37-21-32(25-18-26(40(42,43)44)20-27(19-25)48-3)33(41(45,46)47)22-38(37)50-35-14-7-5-11-29(35)31-12-8-9-24(2)39(31)50/h4-22H,1-2H3. The molecule has 8 aromatic rings. The summed E-state index contributed by atoms with van der Waals surface area (Å²) >= 11 is 0. The summed E-state index contributed by atoms with van der Waals surface area (Å²) in [5.41, 5.74) is 1.53. The molecule has 0 fully saturated rings. The first kappa shape index (κ1) is 31.3. The Kier molecular flexibility index (Phi) is 6.88. The lowest BCUT2D eigenvalue weighted by molar-refractivity contribution is -0.137. The molecule has 2 heterocycles. The Morgan fingerprint density at radius 1 is 0.560 bits per heavy atom. The summed E-state index contributed by atoms with van der Waals surface area (Å²) in [6.45, 7) is 11.3. The lowest BCUT2D eigenvalue weighted by atomic mass is 9.95. The van der Waals surface area contributed by atoms with Crippen molar-refractivity contribution < 1.29 is 26.3 Å². The van der Waals surface area contributed by atoms with Crippen LogP contribution in [0.15, 0.2) is 115 Å². The highest BCUT2D eigenvalue weighted by atomic mass is 19.4. The van der Waals surface area contributed by atoms with Crippen LogP contribution in [0.1, 0.15) is 22.3 Å². The first-order valence-electron chi connectivity index (χ1n) is 15.7. The minimum absolute atomic E-state index is 0.197. The number of aromatic nitrogens is 2. The van der Waals surface area contributed by atoms with Crippen molar-refractivity contribution in [1.29, 1.82) is 0 Å². The van der Waals surface area contributed by atoms with Gasteiger partial charge in [-0.05, 0) is 84.6 Å². The molecule has 0 radical (unpaired) electrons. The van der Waals surface area contributed by atoms with Crippen LogP contribution >= 0.6 is 0 Å². The van der Waals surface area contributed by atoms with Crippen molar-refractivity contribution in [3.63, 3.8) is 0 Å². The van der Waals surface area contributed by atoms with E-state index < -0.39 is 34.7 Å². The summed E-state index contributed by atoms with van der Waals surface area (Å²) < 4.78 is 91.9. The highest BCUT2D eigenvalue weighted by molar-refractivity contribution is 6.12. The zero-order valence-corrected chi connectivity index (χ0v) is 26.6. The zero-order chi connectivity index (χ0) is 35.1. The Balaban J connectivity index is 1.62. The van der Waals surface area contributed by atoms with E-state index in [4.69, 9.17) is 6.57 Å². The smallest absolute Gasteiger partial charge is 0.307 e.